The van der Waals surface area contributed by atoms with E-state index in [-0.39, 0.29) is 24.6 Å². The number of nitrogens with one attached hydrogen (secondary N) is 1. The van der Waals surface area contributed by atoms with Crippen LogP contribution < -0.4 is 15.0 Å². The number of benzene rings is 1. The number of anilines is 1. The van der Waals surface area contributed by atoms with Gasteiger partial charge in [0.25, 0.3) is 5.91 Å². The van der Waals surface area contributed by atoms with E-state index in [0.29, 0.717) is 12.2 Å². The predicted molar refractivity (Wildman–Crippen MR) is 84.6 cm³/mol. The number of hydrogen-bond donors (Lipinski definition) is 2. The maximum Gasteiger partial charge on any atom is 0.251 e. The number of aliphatic hydroxyl groups is 1. The standard InChI is InChI=1S/C16H23N3O3/c1-18-5-6-22-15-7-11(3-4-14(15)18)16(21)17-12-8-13(10-20)19(2)9-12/h3-4,7,12-13,20H,5-6,8-10H2,1-2H3,(H,17,21)/t12-,13+/m1/s1. The first kappa shape index (κ1) is 15.1. The van der Waals surface area contributed by atoms with Crippen LogP contribution in [-0.2, 0) is 0 Å². The van der Waals surface area contributed by atoms with E-state index in [2.05, 4.69) is 15.1 Å². The first-order chi connectivity index (χ1) is 10.6. The number of nitrogens with zero attached hydrogens (tertiary/aromatic N) is 2. The van der Waals surface area contributed by atoms with Crippen LogP contribution in [0.5, 0.6) is 5.75 Å². The van der Waals surface area contributed by atoms with E-state index in [4.69, 9.17) is 4.74 Å². The van der Waals surface area contributed by atoms with Crippen molar-refractivity contribution < 1.29 is 14.6 Å². The molecule has 0 bridgehead atoms. The molecule has 1 aromatic rings. The molecule has 6 heteroatoms. The van der Waals surface area contributed by atoms with E-state index in [1.54, 1.807) is 0 Å². The van der Waals surface area contributed by atoms with Crippen molar-refractivity contribution in [3.05, 3.63) is 23.8 Å². The molecule has 0 aliphatic carbocycles. The van der Waals surface area contributed by atoms with Gasteiger partial charge in [0.05, 0.1) is 18.8 Å². The first-order valence-electron chi connectivity index (χ1n) is 7.68. The van der Waals surface area contributed by atoms with Crippen LogP contribution in [0.25, 0.3) is 0 Å². The summed E-state index contributed by atoms with van der Waals surface area (Å²) in [5.41, 5.74) is 1.63. The number of hydrogen-bond acceptors (Lipinski definition) is 5. The Labute approximate surface area is 130 Å². The minimum absolute atomic E-state index is 0.0780. The third-order valence-corrected chi connectivity index (χ3v) is 4.55. The highest BCUT2D eigenvalue weighted by Gasteiger charge is 2.30. The van der Waals surface area contributed by atoms with Crippen molar-refractivity contribution in [3.63, 3.8) is 0 Å². The Morgan fingerprint density at radius 3 is 3.00 bits per heavy atom. The molecule has 0 saturated carbocycles. The zero-order chi connectivity index (χ0) is 15.7. The van der Waals surface area contributed by atoms with Gasteiger partial charge >= 0.3 is 0 Å². The lowest BCUT2D eigenvalue weighted by atomic mass is 10.1. The fourth-order valence-corrected chi connectivity index (χ4v) is 3.17. The number of fused-ring (bicyclic) bond motifs is 1. The molecule has 2 N–H and O–H groups in total. The molecule has 0 radical (unpaired) electrons. The molecule has 0 aromatic heterocycles. The van der Waals surface area contributed by atoms with Crippen molar-refractivity contribution in [1.29, 1.82) is 0 Å². The molecule has 1 amide bonds. The highest BCUT2D eigenvalue weighted by atomic mass is 16.5. The molecule has 2 aliphatic rings. The third-order valence-electron chi connectivity index (χ3n) is 4.55. The van der Waals surface area contributed by atoms with Crippen LogP contribution in [-0.4, -0.2) is 68.4 Å². The van der Waals surface area contributed by atoms with Crippen LogP contribution >= 0.6 is 0 Å². The van der Waals surface area contributed by atoms with Gasteiger partial charge < -0.3 is 20.1 Å². The number of carbonyl (C=O) groups excluding carboxylic acids is 1. The second kappa shape index (κ2) is 6.14. The smallest absolute Gasteiger partial charge is 0.251 e. The molecule has 0 unspecified atom stereocenters. The van der Waals surface area contributed by atoms with Crippen LogP contribution in [0.2, 0.25) is 0 Å². The second-order valence-corrected chi connectivity index (χ2v) is 6.13. The molecule has 6 nitrogen and oxygen atoms in total. The van der Waals surface area contributed by atoms with Gasteiger partial charge in [-0.25, -0.2) is 0 Å². The van der Waals surface area contributed by atoms with Crippen molar-refractivity contribution in [2.75, 3.05) is 45.3 Å². The minimum atomic E-state index is -0.0865. The molecule has 120 valence electrons. The van der Waals surface area contributed by atoms with Crippen LogP contribution in [0.4, 0.5) is 5.69 Å². The molecule has 1 aromatic carbocycles. The van der Waals surface area contributed by atoms with Gasteiger partial charge in [-0.1, -0.05) is 0 Å². The predicted octanol–water partition coefficient (Wildman–Crippen LogP) is 0.310. The van der Waals surface area contributed by atoms with Crippen molar-refractivity contribution in [3.8, 4) is 5.75 Å². The maximum absolute atomic E-state index is 12.4. The van der Waals surface area contributed by atoms with Crippen molar-refractivity contribution in [2.24, 2.45) is 0 Å². The molecule has 22 heavy (non-hydrogen) atoms. The van der Waals surface area contributed by atoms with Crippen LogP contribution in [0, 0.1) is 0 Å². The van der Waals surface area contributed by atoms with Crippen LogP contribution in [0.15, 0.2) is 18.2 Å². The zero-order valence-electron chi connectivity index (χ0n) is 13.1. The average molecular weight is 305 g/mol. The lowest BCUT2D eigenvalue weighted by Crippen LogP contribution is -2.36. The van der Waals surface area contributed by atoms with Gasteiger partial charge in [0, 0.05) is 31.2 Å². The average Bonchev–Trinajstić information content (AvgIpc) is 2.86. The van der Waals surface area contributed by atoms with Gasteiger partial charge in [-0.2, -0.15) is 0 Å². The normalized spacial score (nSPS) is 24.8. The van der Waals surface area contributed by atoms with Gasteiger partial charge in [-0.05, 0) is 31.7 Å². The Kier molecular flexibility index (Phi) is 4.22. The van der Waals surface area contributed by atoms with Crippen molar-refractivity contribution in [1.82, 2.24) is 10.2 Å². The Morgan fingerprint density at radius 1 is 1.45 bits per heavy atom. The summed E-state index contributed by atoms with van der Waals surface area (Å²) < 4.78 is 5.64. The molecular formula is C16H23N3O3. The number of rotatable bonds is 3. The Hall–Kier alpha value is -1.79. The van der Waals surface area contributed by atoms with Gasteiger partial charge in [0.2, 0.25) is 0 Å². The zero-order valence-corrected chi connectivity index (χ0v) is 13.1. The first-order valence-corrected chi connectivity index (χ1v) is 7.68. The fraction of sp³-hybridized carbons (Fsp3) is 0.562. The van der Waals surface area contributed by atoms with Gasteiger partial charge in [0.15, 0.2) is 0 Å². The number of amides is 1. The number of ether oxygens (including phenoxy) is 1. The molecule has 2 atom stereocenters. The monoisotopic (exact) mass is 305 g/mol. The molecule has 1 fully saturated rings. The summed E-state index contributed by atoms with van der Waals surface area (Å²) in [6, 6.07) is 5.78. The number of carbonyl (C=O) groups is 1. The van der Waals surface area contributed by atoms with Crippen molar-refractivity contribution in [2.45, 2.75) is 18.5 Å². The summed E-state index contributed by atoms with van der Waals surface area (Å²) in [6.07, 6.45) is 0.781. The lowest BCUT2D eigenvalue weighted by molar-refractivity contribution is 0.0937. The quantitative estimate of drug-likeness (QED) is 0.841. The van der Waals surface area contributed by atoms with E-state index < -0.39 is 0 Å². The van der Waals surface area contributed by atoms with Gasteiger partial charge in [-0.3, -0.25) is 9.69 Å². The SMILES string of the molecule is CN1CCOc2cc(C(=O)N[C@@H]3C[C@@H](CO)N(C)C3)ccc21. The summed E-state index contributed by atoms with van der Waals surface area (Å²) in [6.45, 7) is 2.39. The number of aliphatic hydroxyl groups excluding tert-OH is 1. The van der Waals surface area contributed by atoms with E-state index >= 15 is 0 Å². The Morgan fingerprint density at radius 2 is 2.27 bits per heavy atom. The largest absolute Gasteiger partial charge is 0.490 e. The Bertz CT molecular complexity index is 564. The third kappa shape index (κ3) is 2.89. The highest BCUT2D eigenvalue weighted by molar-refractivity contribution is 5.95. The van der Waals surface area contributed by atoms with Crippen molar-refractivity contribution >= 4 is 11.6 Å². The molecular weight excluding hydrogens is 282 g/mol. The van der Waals surface area contributed by atoms with Crippen LogP contribution in [0.1, 0.15) is 16.8 Å². The topological polar surface area (TPSA) is 65.0 Å². The van der Waals surface area contributed by atoms with E-state index in [1.807, 2.05) is 32.3 Å². The van der Waals surface area contributed by atoms with Gasteiger partial charge in [0.1, 0.15) is 12.4 Å². The Balaban J connectivity index is 1.68. The summed E-state index contributed by atoms with van der Waals surface area (Å²) >= 11 is 0. The highest BCUT2D eigenvalue weighted by Crippen LogP contribution is 2.31. The van der Waals surface area contributed by atoms with Gasteiger partial charge in [-0.15, -0.1) is 0 Å². The maximum atomic E-state index is 12.4. The second-order valence-electron chi connectivity index (χ2n) is 6.13. The summed E-state index contributed by atoms with van der Waals surface area (Å²) in [4.78, 5) is 16.6. The summed E-state index contributed by atoms with van der Waals surface area (Å²) in [5.74, 6) is 0.676. The summed E-state index contributed by atoms with van der Waals surface area (Å²) in [5, 5.41) is 12.3. The van der Waals surface area contributed by atoms with Crippen LogP contribution in [0.3, 0.4) is 0 Å². The fourth-order valence-electron chi connectivity index (χ4n) is 3.17. The lowest BCUT2D eigenvalue weighted by Gasteiger charge is -2.28. The summed E-state index contributed by atoms with van der Waals surface area (Å²) in [7, 11) is 3.99. The van der Waals surface area contributed by atoms with E-state index in [0.717, 1.165) is 30.9 Å². The molecule has 2 heterocycles. The molecule has 1 saturated heterocycles. The minimum Gasteiger partial charge on any atom is -0.490 e. The number of likely N-dealkylation sites (N-methyl/N-ethyl adjacent to an activating group) is 2. The van der Waals surface area contributed by atoms with E-state index in [1.165, 1.54) is 0 Å². The van der Waals surface area contributed by atoms with E-state index in [9.17, 15) is 9.90 Å². The molecule has 2 aliphatic heterocycles. The number of likely N-dealkylation sites (tertiary alicyclic amines) is 1. The molecule has 3 rings (SSSR count). The molecule has 0 spiro atoms.